The highest BCUT2D eigenvalue weighted by Gasteiger charge is 2.48. The van der Waals surface area contributed by atoms with Gasteiger partial charge in [-0.15, -0.1) is 0 Å². The maximum Gasteiger partial charge on any atom is 0.254 e. The molecule has 3 aliphatic rings. The molecule has 0 N–H and O–H groups in total. The molecule has 3 aromatic carbocycles. The van der Waals surface area contributed by atoms with E-state index in [-0.39, 0.29) is 17.9 Å². The number of nitrogens with zero attached hydrogens (tertiary/aromatic N) is 2. The van der Waals surface area contributed by atoms with E-state index in [0.29, 0.717) is 37.0 Å². The molecule has 2 amide bonds. The van der Waals surface area contributed by atoms with E-state index in [1.165, 1.54) is 5.56 Å². The predicted molar refractivity (Wildman–Crippen MR) is 155 cm³/mol. The Labute approximate surface area is 236 Å². The first-order valence-corrected chi connectivity index (χ1v) is 14.7. The number of hydrogen-bond donors (Lipinski definition) is 0. The van der Waals surface area contributed by atoms with Crippen molar-refractivity contribution >= 4 is 11.8 Å². The highest BCUT2D eigenvalue weighted by atomic mass is 16.5. The molecule has 6 nitrogen and oxygen atoms in total. The van der Waals surface area contributed by atoms with E-state index >= 15 is 0 Å². The molecule has 2 atom stereocenters. The van der Waals surface area contributed by atoms with Gasteiger partial charge in [-0.2, -0.15) is 0 Å². The number of carbonyl (C=O) groups is 2. The summed E-state index contributed by atoms with van der Waals surface area (Å²) in [4.78, 5) is 32.2. The van der Waals surface area contributed by atoms with E-state index in [2.05, 4.69) is 36.4 Å². The summed E-state index contributed by atoms with van der Waals surface area (Å²) >= 11 is 0. The average molecular weight is 539 g/mol. The second-order valence-corrected chi connectivity index (χ2v) is 11.1. The van der Waals surface area contributed by atoms with Crippen molar-refractivity contribution in [2.75, 3.05) is 32.8 Å². The van der Waals surface area contributed by atoms with Gasteiger partial charge < -0.3 is 19.3 Å². The second-order valence-electron chi connectivity index (χ2n) is 11.1. The molecule has 208 valence electrons. The third kappa shape index (κ3) is 4.85. The van der Waals surface area contributed by atoms with Gasteiger partial charge in [0.05, 0.1) is 25.2 Å². The molecule has 3 heterocycles. The lowest BCUT2D eigenvalue weighted by atomic mass is 9.75. The molecule has 3 aliphatic heterocycles. The summed E-state index contributed by atoms with van der Waals surface area (Å²) in [5.41, 5.74) is 4.97. The van der Waals surface area contributed by atoms with Gasteiger partial charge in [0.2, 0.25) is 5.91 Å². The summed E-state index contributed by atoms with van der Waals surface area (Å²) in [5, 5.41) is 0. The Hall–Kier alpha value is -3.80. The molecule has 0 saturated carbocycles. The Balaban J connectivity index is 1.33. The Kier molecular flexibility index (Phi) is 7.50. The van der Waals surface area contributed by atoms with Crippen molar-refractivity contribution in [2.24, 2.45) is 5.92 Å². The number of hydrogen-bond acceptors (Lipinski definition) is 4. The highest BCUT2D eigenvalue weighted by molar-refractivity contribution is 6.01. The van der Waals surface area contributed by atoms with Gasteiger partial charge in [-0.1, -0.05) is 48.5 Å². The molecule has 1 fully saturated rings. The van der Waals surface area contributed by atoms with Gasteiger partial charge in [-0.3, -0.25) is 9.59 Å². The third-order valence-corrected chi connectivity index (χ3v) is 8.74. The molecule has 3 aromatic rings. The van der Waals surface area contributed by atoms with Gasteiger partial charge in [-0.05, 0) is 85.9 Å². The molecule has 0 unspecified atom stereocenters. The minimum Gasteiger partial charge on any atom is -0.490 e. The van der Waals surface area contributed by atoms with Crippen LogP contribution in [0.1, 0.15) is 71.3 Å². The van der Waals surface area contributed by atoms with E-state index in [1.807, 2.05) is 54.0 Å². The van der Waals surface area contributed by atoms with Crippen LogP contribution in [0.25, 0.3) is 0 Å². The van der Waals surface area contributed by atoms with Crippen LogP contribution in [0.4, 0.5) is 0 Å². The van der Waals surface area contributed by atoms with Crippen LogP contribution in [0.5, 0.6) is 11.5 Å². The highest BCUT2D eigenvalue weighted by Crippen LogP contribution is 2.49. The minimum absolute atomic E-state index is 0.00344. The molecular formula is C34H38N2O4. The maximum atomic E-state index is 14.5. The molecule has 1 saturated heterocycles. The predicted octanol–water partition coefficient (Wildman–Crippen LogP) is 5.80. The lowest BCUT2D eigenvalue weighted by Gasteiger charge is -2.47. The van der Waals surface area contributed by atoms with Gasteiger partial charge in [0.1, 0.15) is 0 Å². The zero-order valence-electron chi connectivity index (χ0n) is 23.5. The summed E-state index contributed by atoms with van der Waals surface area (Å²) in [6.07, 6.45) is 3.75. The maximum absolute atomic E-state index is 14.5. The van der Waals surface area contributed by atoms with E-state index in [0.717, 1.165) is 61.2 Å². The van der Waals surface area contributed by atoms with Gasteiger partial charge in [-0.25, -0.2) is 0 Å². The summed E-state index contributed by atoms with van der Waals surface area (Å²) in [6.45, 7) is 7.04. The summed E-state index contributed by atoms with van der Waals surface area (Å²) in [7, 11) is 0. The van der Waals surface area contributed by atoms with Crippen LogP contribution in [-0.2, 0) is 17.6 Å². The second kappa shape index (κ2) is 11.4. The number of carbonyl (C=O) groups excluding carboxylic acids is 2. The van der Waals surface area contributed by atoms with Crippen LogP contribution in [0.3, 0.4) is 0 Å². The van der Waals surface area contributed by atoms with Crippen LogP contribution < -0.4 is 9.47 Å². The van der Waals surface area contributed by atoms with Crippen LogP contribution in [0.2, 0.25) is 0 Å². The van der Waals surface area contributed by atoms with E-state index in [1.54, 1.807) is 0 Å². The zero-order chi connectivity index (χ0) is 27.6. The lowest BCUT2D eigenvalue weighted by molar-refractivity contribution is -0.136. The molecule has 0 aliphatic carbocycles. The van der Waals surface area contributed by atoms with Crippen LogP contribution in [0, 0.1) is 5.92 Å². The molecular weight excluding hydrogens is 500 g/mol. The van der Waals surface area contributed by atoms with E-state index < -0.39 is 5.92 Å². The number of amides is 2. The third-order valence-electron chi connectivity index (χ3n) is 8.74. The normalized spacial score (nSPS) is 20.4. The van der Waals surface area contributed by atoms with Crippen LogP contribution in [0.15, 0.2) is 66.7 Å². The summed E-state index contributed by atoms with van der Waals surface area (Å²) in [5.74, 6) is 1.64. The van der Waals surface area contributed by atoms with Crippen molar-refractivity contribution in [2.45, 2.75) is 51.5 Å². The fourth-order valence-electron chi connectivity index (χ4n) is 6.84. The van der Waals surface area contributed by atoms with Gasteiger partial charge in [0, 0.05) is 25.2 Å². The topological polar surface area (TPSA) is 59.1 Å². The molecule has 0 aromatic heterocycles. The molecule has 6 heteroatoms. The summed E-state index contributed by atoms with van der Waals surface area (Å²) in [6, 6.07) is 22.0. The first-order valence-electron chi connectivity index (χ1n) is 14.7. The first-order chi connectivity index (χ1) is 19.6. The first kappa shape index (κ1) is 26.4. The molecule has 0 radical (unpaired) electrons. The quantitative estimate of drug-likeness (QED) is 0.381. The van der Waals surface area contributed by atoms with Gasteiger partial charge >= 0.3 is 0 Å². The number of fused-ring (bicyclic) bond motifs is 4. The SMILES string of the molecule is CCOc1cc2c(cc1OCC)[C@H]1[C@H](C(=O)N3CCC(Cc4ccccc4)CC3)c3ccccc3C(=O)N1CC2. The Morgan fingerprint density at radius 2 is 1.52 bits per heavy atom. The standard InChI is InChI=1S/C34H38N2O4/c1-3-39-29-21-25-16-19-36-32(28(25)22-30(29)40-4-2)31(26-12-8-9-13-27(26)33(36)37)34(38)35-17-14-24(15-18-35)20-23-10-6-5-7-11-23/h5-13,21-22,24,31-32H,3-4,14-20H2,1-2H3/t31-,32+/m1/s1. The van der Waals surface area contributed by atoms with Crippen molar-refractivity contribution in [3.8, 4) is 11.5 Å². The summed E-state index contributed by atoms with van der Waals surface area (Å²) < 4.78 is 11.9. The number of likely N-dealkylation sites (tertiary alicyclic amines) is 1. The number of benzene rings is 3. The molecule has 6 rings (SSSR count). The average Bonchev–Trinajstić information content (AvgIpc) is 2.98. The van der Waals surface area contributed by atoms with Gasteiger partial charge in [0.25, 0.3) is 5.91 Å². The Morgan fingerprint density at radius 1 is 0.850 bits per heavy atom. The lowest BCUT2D eigenvalue weighted by Crippen LogP contribution is -2.51. The molecule has 0 bridgehead atoms. The van der Waals surface area contributed by atoms with Crippen molar-refractivity contribution in [3.63, 3.8) is 0 Å². The minimum atomic E-state index is -0.453. The smallest absolute Gasteiger partial charge is 0.254 e. The number of piperidine rings is 1. The monoisotopic (exact) mass is 538 g/mol. The van der Waals surface area contributed by atoms with Crippen LogP contribution in [-0.4, -0.2) is 54.5 Å². The van der Waals surface area contributed by atoms with Crippen molar-refractivity contribution in [1.29, 1.82) is 0 Å². The fraction of sp³-hybridized carbons (Fsp3) is 0.412. The Morgan fingerprint density at radius 3 is 2.25 bits per heavy atom. The number of rotatable bonds is 7. The van der Waals surface area contributed by atoms with Crippen molar-refractivity contribution < 1.29 is 19.1 Å². The molecule has 40 heavy (non-hydrogen) atoms. The van der Waals surface area contributed by atoms with Crippen LogP contribution >= 0.6 is 0 Å². The molecule has 0 spiro atoms. The van der Waals surface area contributed by atoms with Gasteiger partial charge in [0.15, 0.2) is 11.5 Å². The van der Waals surface area contributed by atoms with E-state index in [9.17, 15) is 9.59 Å². The largest absolute Gasteiger partial charge is 0.490 e. The zero-order valence-corrected chi connectivity index (χ0v) is 23.5. The van der Waals surface area contributed by atoms with Crippen molar-refractivity contribution in [1.82, 2.24) is 9.80 Å². The number of ether oxygens (including phenoxy) is 2. The fourth-order valence-corrected chi connectivity index (χ4v) is 6.84. The van der Waals surface area contributed by atoms with Crippen molar-refractivity contribution in [3.05, 3.63) is 94.5 Å². The van der Waals surface area contributed by atoms with E-state index in [4.69, 9.17) is 9.47 Å². The Bertz CT molecular complexity index is 1380.